The van der Waals surface area contributed by atoms with E-state index in [4.69, 9.17) is 4.74 Å². The van der Waals surface area contributed by atoms with Gasteiger partial charge >= 0.3 is 0 Å². The Balaban J connectivity index is 1.74. The first-order valence-corrected chi connectivity index (χ1v) is 7.31. The van der Waals surface area contributed by atoms with Gasteiger partial charge in [0.05, 0.1) is 6.10 Å². The molecule has 0 radical (unpaired) electrons. The SMILES string of the molecule is CCCCCNc1ccnc(NCC2CCCO2)n1. The van der Waals surface area contributed by atoms with Crippen LogP contribution in [0.2, 0.25) is 0 Å². The fourth-order valence-corrected chi connectivity index (χ4v) is 2.14. The maximum atomic E-state index is 5.56. The van der Waals surface area contributed by atoms with Crippen LogP contribution in [-0.4, -0.2) is 35.8 Å². The molecule has 5 heteroatoms. The van der Waals surface area contributed by atoms with Crippen LogP contribution in [0.3, 0.4) is 0 Å². The predicted octanol–water partition coefficient (Wildman–Crippen LogP) is 2.67. The second-order valence-corrected chi connectivity index (χ2v) is 4.92. The van der Waals surface area contributed by atoms with Crippen LogP contribution in [0.4, 0.5) is 11.8 Å². The van der Waals surface area contributed by atoms with E-state index in [1.165, 1.54) is 19.3 Å². The fourth-order valence-electron chi connectivity index (χ4n) is 2.14. The minimum Gasteiger partial charge on any atom is -0.376 e. The molecule has 5 nitrogen and oxygen atoms in total. The van der Waals surface area contributed by atoms with Crippen LogP contribution in [0.5, 0.6) is 0 Å². The number of aromatic nitrogens is 2. The first-order chi connectivity index (χ1) is 9.38. The molecule has 1 fully saturated rings. The molecule has 0 spiro atoms. The summed E-state index contributed by atoms with van der Waals surface area (Å²) in [4.78, 5) is 8.67. The summed E-state index contributed by atoms with van der Waals surface area (Å²) in [7, 11) is 0. The number of nitrogens with zero attached hydrogens (tertiary/aromatic N) is 2. The zero-order valence-electron chi connectivity index (χ0n) is 11.7. The molecule has 0 aromatic carbocycles. The van der Waals surface area contributed by atoms with Crippen LogP contribution >= 0.6 is 0 Å². The molecule has 106 valence electrons. The van der Waals surface area contributed by atoms with Crippen LogP contribution in [0.25, 0.3) is 0 Å². The number of unbranched alkanes of at least 4 members (excludes halogenated alkanes) is 2. The second kappa shape index (κ2) is 7.94. The Bertz CT molecular complexity index is 366. The van der Waals surface area contributed by atoms with Crippen molar-refractivity contribution in [1.82, 2.24) is 9.97 Å². The van der Waals surface area contributed by atoms with E-state index in [2.05, 4.69) is 27.5 Å². The summed E-state index contributed by atoms with van der Waals surface area (Å²) in [6.45, 7) is 4.85. The molecule has 1 aliphatic rings. The summed E-state index contributed by atoms with van der Waals surface area (Å²) in [5, 5.41) is 6.57. The maximum absolute atomic E-state index is 5.56. The summed E-state index contributed by atoms with van der Waals surface area (Å²) in [5.74, 6) is 1.57. The van der Waals surface area contributed by atoms with Crippen molar-refractivity contribution in [1.29, 1.82) is 0 Å². The van der Waals surface area contributed by atoms with E-state index >= 15 is 0 Å². The lowest BCUT2D eigenvalue weighted by atomic mass is 10.2. The number of rotatable bonds is 8. The van der Waals surface area contributed by atoms with Gasteiger partial charge in [-0.1, -0.05) is 19.8 Å². The lowest BCUT2D eigenvalue weighted by Gasteiger charge is -2.11. The second-order valence-electron chi connectivity index (χ2n) is 4.92. The van der Waals surface area contributed by atoms with Gasteiger partial charge in [0, 0.05) is 25.9 Å². The van der Waals surface area contributed by atoms with Gasteiger partial charge in [-0.2, -0.15) is 4.98 Å². The maximum Gasteiger partial charge on any atom is 0.224 e. The number of nitrogens with one attached hydrogen (secondary N) is 2. The largest absolute Gasteiger partial charge is 0.376 e. The summed E-state index contributed by atoms with van der Waals surface area (Å²) < 4.78 is 5.56. The summed E-state index contributed by atoms with van der Waals surface area (Å²) in [5.41, 5.74) is 0. The average molecular weight is 264 g/mol. The van der Waals surface area contributed by atoms with Gasteiger partial charge < -0.3 is 15.4 Å². The van der Waals surface area contributed by atoms with Gasteiger partial charge in [-0.25, -0.2) is 4.98 Å². The van der Waals surface area contributed by atoms with Crippen molar-refractivity contribution in [3.8, 4) is 0 Å². The van der Waals surface area contributed by atoms with Crippen molar-refractivity contribution in [3.05, 3.63) is 12.3 Å². The van der Waals surface area contributed by atoms with Crippen molar-refractivity contribution in [3.63, 3.8) is 0 Å². The molecular formula is C14H24N4O. The van der Waals surface area contributed by atoms with Crippen LogP contribution in [-0.2, 0) is 4.74 Å². The summed E-state index contributed by atoms with van der Waals surface area (Å²) in [6, 6.07) is 1.91. The van der Waals surface area contributed by atoms with Crippen LogP contribution in [0.15, 0.2) is 12.3 Å². The Morgan fingerprint density at radius 3 is 3.11 bits per heavy atom. The van der Waals surface area contributed by atoms with Gasteiger partial charge in [0.1, 0.15) is 5.82 Å². The average Bonchev–Trinajstić information content (AvgIpc) is 2.95. The van der Waals surface area contributed by atoms with E-state index in [-0.39, 0.29) is 0 Å². The molecule has 2 rings (SSSR count). The molecular weight excluding hydrogens is 240 g/mol. The Labute approximate surface area is 115 Å². The van der Waals surface area contributed by atoms with E-state index in [9.17, 15) is 0 Å². The molecule has 0 saturated carbocycles. The summed E-state index contributed by atoms with van der Waals surface area (Å²) >= 11 is 0. The van der Waals surface area contributed by atoms with Crippen molar-refractivity contribution in [2.24, 2.45) is 0 Å². The van der Waals surface area contributed by atoms with Gasteiger partial charge in [-0.3, -0.25) is 0 Å². The van der Waals surface area contributed by atoms with Gasteiger partial charge in [0.2, 0.25) is 5.95 Å². The molecule has 0 bridgehead atoms. The van der Waals surface area contributed by atoms with Crippen molar-refractivity contribution in [2.75, 3.05) is 30.3 Å². The zero-order chi connectivity index (χ0) is 13.3. The number of ether oxygens (including phenoxy) is 1. The highest BCUT2D eigenvalue weighted by Crippen LogP contribution is 2.13. The Hall–Kier alpha value is -1.36. The van der Waals surface area contributed by atoms with E-state index in [1.54, 1.807) is 6.20 Å². The Kier molecular flexibility index (Phi) is 5.88. The molecule has 0 amide bonds. The van der Waals surface area contributed by atoms with E-state index in [0.29, 0.717) is 12.1 Å². The Morgan fingerprint density at radius 1 is 1.37 bits per heavy atom. The third kappa shape index (κ3) is 5.03. The molecule has 19 heavy (non-hydrogen) atoms. The highest BCUT2D eigenvalue weighted by Gasteiger charge is 2.15. The third-order valence-corrected chi connectivity index (χ3v) is 3.25. The van der Waals surface area contributed by atoms with Crippen LogP contribution < -0.4 is 10.6 Å². The molecule has 2 N–H and O–H groups in total. The highest BCUT2D eigenvalue weighted by molar-refractivity contribution is 5.39. The molecule has 0 aliphatic carbocycles. The third-order valence-electron chi connectivity index (χ3n) is 3.25. The molecule has 1 unspecified atom stereocenters. The standard InChI is InChI=1S/C14H24N4O/c1-2-3-4-8-15-13-7-9-16-14(18-13)17-11-12-6-5-10-19-12/h7,9,12H,2-6,8,10-11H2,1H3,(H2,15,16,17,18). The normalized spacial score (nSPS) is 18.5. The van der Waals surface area contributed by atoms with Crippen LogP contribution in [0.1, 0.15) is 39.0 Å². The predicted molar refractivity (Wildman–Crippen MR) is 77.5 cm³/mol. The lowest BCUT2D eigenvalue weighted by molar-refractivity contribution is 0.120. The quantitative estimate of drug-likeness (QED) is 0.707. The smallest absolute Gasteiger partial charge is 0.224 e. The fraction of sp³-hybridized carbons (Fsp3) is 0.714. The minimum atomic E-state index is 0.310. The van der Waals surface area contributed by atoms with Gasteiger partial charge in [0.15, 0.2) is 0 Å². The summed E-state index contributed by atoms with van der Waals surface area (Å²) in [6.07, 6.45) is 8.05. The van der Waals surface area contributed by atoms with E-state index in [1.807, 2.05) is 6.07 Å². The first-order valence-electron chi connectivity index (χ1n) is 7.31. The first kappa shape index (κ1) is 14.1. The lowest BCUT2D eigenvalue weighted by Crippen LogP contribution is -2.19. The topological polar surface area (TPSA) is 59.1 Å². The van der Waals surface area contributed by atoms with Gasteiger partial charge in [0.25, 0.3) is 0 Å². The van der Waals surface area contributed by atoms with Crippen molar-refractivity contribution < 1.29 is 4.74 Å². The molecule has 1 aliphatic heterocycles. The van der Waals surface area contributed by atoms with Crippen LogP contribution in [0, 0.1) is 0 Å². The molecule has 1 aromatic rings. The number of anilines is 2. The molecule has 2 heterocycles. The van der Waals surface area contributed by atoms with E-state index in [0.717, 1.165) is 38.4 Å². The van der Waals surface area contributed by atoms with Crippen molar-refractivity contribution >= 4 is 11.8 Å². The molecule has 1 atom stereocenters. The van der Waals surface area contributed by atoms with Gasteiger partial charge in [-0.05, 0) is 25.3 Å². The molecule has 1 saturated heterocycles. The minimum absolute atomic E-state index is 0.310. The monoisotopic (exact) mass is 264 g/mol. The van der Waals surface area contributed by atoms with Gasteiger partial charge in [-0.15, -0.1) is 0 Å². The van der Waals surface area contributed by atoms with E-state index < -0.39 is 0 Å². The Morgan fingerprint density at radius 2 is 2.32 bits per heavy atom. The zero-order valence-corrected chi connectivity index (χ0v) is 11.7. The molecule has 1 aromatic heterocycles. The van der Waals surface area contributed by atoms with Crippen molar-refractivity contribution in [2.45, 2.75) is 45.1 Å². The highest BCUT2D eigenvalue weighted by atomic mass is 16.5. The number of hydrogen-bond acceptors (Lipinski definition) is 5. The number of hydrogen-bond donors (Lipinski definition) is 2.